The summed E-state index contributed by atoms with van der Waals surface area (Å²) in [5.74, 6) is -0.156. The van der Waals surface area contributed by atoms with Crippen LogP contribution in [0.3, 0.4) is 0 Å². The number of anilines is 1. The molecule has 1 aliphatic heterocycles. The van der Waals surface area contributed by atoms with Crippen LogP contribution < -0.4 is 5.32 Å². The zero-order valence-corrected chi connectivity index (χ0v) is 12.3. The minimum Gasteiger partial charge on any atom is -0.362 e. The van der Waals surface area contributed by atoms with Gasteiger partial charge in [-0.1, -0.05) is 0 Å². The molecule has 2 unspecified atom stereocenters. The summed E-state index contributed by atoms with van der Waals surface area (Å²) >= 11 is 0. The maximum Gasteiger partial charge on any atom is 0.408 e. The van der Waals surface area contributed by atoms with Crippen molar-refractivity contribution < 1.29 is 18.0 Å². The van der Waals surface area contributed by atoms with E-state index in [-0.39, 0.29) is 25.4 Å². The molecule has 0 saturated carbocycles. The second kappa shape index (κ2) is 5.67. The molecule has 0 bridgehead atoms. The average molecular weight is 328 g/mol. The van der Waals surface area contributed by atoms with E-state index in [1.54, 1.807) is 16.8 Å². The predicted octanol–water partition coefficient (Wildman–Crippen LogP) is 1.48. The van der Waals surface area contributed by atoms with Gasteiger partial charge >= 0.3 is 6.18 Å². The smallest absolute Gasteiger partial charge is 0.362 e. The lowest BCUT2D eigenvalue weighted by Crippen LogP contribution is -2.55. The largest absolute Gasteiger partial charge is 0.408 e. The van der Waals surface area contributed by atoms with E-state index < -0.39 is 18.1 Å². The minimum absolute atomic E-state index is 0.0314. The second-order valence-corrected chi connectivity index (χ2v) is 5.49. The Morgan fingerprint density at radius 3 is 2.87 bits per heavy atom. The predicted molar refractivity (Wildman–Crippen MR) is 74.7 cm³/mol. The summed E-state index contributed by atoms with van der Waals surface area (Å²) in [7, 11) is 0. The van der Waals surface area contributed by atoms with Crippen molar-refractivity contribution >= 4 is 17.4 Å². The quantitative estimate of drug-likeness (QED) is 0.904. The highest BCUT2D eigenvalue weighted by molar-refractivity contribution is 5.74. The van der Waals surface area contributed by atoms with Crippen LogP contribution in [-0.2, 0) is 4.79 Å². The monoisotopic (exact) mass is 328 g/mol. The van der Waals surface area contributed by atoms with Gasteiger partial charge in [0.2, 0.25) is 11.6 Å². The van der Waals surface area contributed by atoms with Crippen LogP contribution in [0.2, 0.25) is 0 Å². The van der Waals surface area contributed by atoms with E-state index in [1.165, 1.54) is 6.33 Å². The summed E-state index contributed by atoms with van der Waals surface area (Å²) in [6.07, 6.45) is 0.444. The van der Waals surface area contributed by atoms with Crippen LogP contribution in [0, 0.1) is 0 Å². The molecule has 124 valence electrons. The van der Waals surface area contributed by atoms with Crippen molar-refractivity contribution in [2.24, 2.45) is 0 Å². The lowest BCUT2D eigenvalue weighted by molar-refractivity contribution is -0.195. The first-order valence-corrected chi connectivity index (χ1v) is 7.11. The molecule has 0 aromatic carbocycles. The third-order valence-corrected chi connectivity index (χ3v) is 3.92. The Hall–Kier alpha value is -2.39. The first-order chi connectivity index (χ1) is 10.9. The number of rotatable bonds is 2. The summed E-state index contributed by atoms with van der Waals surface area (Å²) in [5, 5.41) is 10.8. The number of hydrogen-bond donors (Lipinski definition) is 1. The van der Waals surface area contributed by atoms with Crippen molar-refractivity contribution in [2.45, 2.75) is 38.0 Å². The lowest BCUT2D eigenvalue weighted by atomic mass is 9.97. The highest BCUT2D eigenvalue weighted by Gasteiger charge is 2.47. The van der Waals surface area contributed by atoms with E-state index in [2.05, 4.69) is 20.5 Å². The minimum atomic E-state index is -4.41. The van der Waals surface area contributed by atoms with Gasteiger partial charge in [0.05, 0.1) is 0 Å². The highest BCUT2D eigenvalue weighted by Crippen LogP contribution is 2.32. The molecule has 1 saturated heterocycles. The Balaban J connectivity index is 1.78. The maximum atomic E-state index is 13.0. The number of piperidine rings is 1. The van der Waals surface area contributed by atoms with E-state index in [1.807, 2.05) is 0 Å². The van der Waals surface area contributed by atoms with Gasteiger partial charge in [0.1, 0.15) is 12.4 Å². The molecule has 23 heavy (non-hydrogen) atoms. The molecule has 1 N–H and O–H groups in total. The zero-order valence-electron chi connectivity index (χ0n) is 12.3. The van der Waals surface area contributed by atoms with Gasteiger partial charge in [-0.3, -0.25) is 9.20 Å². The van der Waals surface area contributed by atoms with E-state index in [4.69, 9.17) is 0 Å². The fourth-order valence-corrected chi connectivity index (χ4v) is 2.83. The summed E-state index contributed by atoms with van der Waals surface area (Å²) in [5.41, 5.74) is 0.486. The number of carbonyl (C=O) groups excluding carboxylic acids is 1. The molecule has 2 aromatic rings. The number of carbonyl (C=O) groups is 1. The summed E-state index contributed by atoms with van der Waals surface area (Å²) in [6, 6.07) is -2.05. The molecule has 2 atom stereocenters. The number of nitrogens with one attached hydrogen (secondary N) is 1. The molecule has 0 aliphatic carbocycles. The molecule has 1 fully saturated rings. The van der Waals surface area contributed by atoms with Crippen LogP contribution in [0.4, 0.5) is 19.0 Å². The number of fused-ring (bicyclic) bond motifs is 1. The Morgan fingerprint density at radius 1 is 1.39 bits per heavy atom. The number of likely N-dealkylation sites (tertiary alicyclic amines) is 1. The van der Waals surface area contributed by atoms with Crippen LogP contribution in [0.15, 0.2) is 18.7 Å². The standard InChI is InChI=1S/C13H15F3N6O/c1-8(23)22-6-9(2-3-10(22)13(14,15)16)19-11-12-20-18-7-21(12)5-4-17-11/h4-5,7,9-10H,2-3,6H2,1H3,(H,17,19). The van der Waals surface area contributed by atoms with Gasteiger partial charge in [-0.05, 0) is 12.8 Å². The summed E-state index contributed by atoms with van der Waals surface area (Å²) < 4.78 is 40.7. The van der Waals surface area contributed by atoms with E-state index >= 15 is 0 Å². The molecule has 7 nitrogen and oxygen atoms in total. The summed E-state index contributed by atoms with van der Waals surface area (Å²) in [4.78, 5) is 16.6. The third-order valence-electron chi connectivity index (χ3n) is 3.92. The Kier molecular flexibility index (Phi) is 3.82. The van der Waals surface area contributed by atoms with Crippen molar-refractivity contribution in [1.82, 2.24) is 24.5 Å². The number of amides is 1. The van der Waals surface area contributed by atoms with Crippen LogP contribution in [0.25, 0.3) is 5.65 Å². The van der Waals surface area contributed by atoms with Gasteiger partial charge < -0.3 is 10.2 Å². The van der Waals surface area contributed by atoms with Crippen molar-refractivity contribution in [3.63, 3.8) is 0 Å². The number of nitrogens with zero attached hydrogens (tertiary/aromatic N) is 5. The van der Waals surface area contributed by atoms with Gasteiger partial charge in [-0.15, -0.1) is 10.2 Å². The number of hydrogen-bond acceptors (Lipinski definition) is 5. The van der Waals surface area contributed by atoms with E-state index in [0.717, 1.165) is 11.8 Å². The van der Waals surface area contributed by atoms with Crippen molar-refractivity contribution in [2.75, 3.05) is 11.9 Å². The topological polar surface area (TPSA) is 75.4 Å². The first-order valence-electron chi connectivity index (χ1n) is 7.11. The Labute approximate surface area is 129 Å². The zero-order chi connectivity index (χ0) is 16.6. The van der Waals surface area contributed by atoms with Crippen LogP contribution >= 0.6 is 0 Å². The van der Waals surface area contributed by atoms with Gasteiger partial charge in [0.15, 0.2) is 5.82 Å². The van der Waals surface area contributed by atoms with Crippen molar-refractivity contribution in [1.29, 1.82) is 0 Å². The van der Waals surface area contributed by atoms with Gasteiger partial charge in [0.25, 0.3) is 0 Å². The van der Waals surface area contributed by atoms with Crippen molar-refractivity contribution in [3.05, 3.63) is 18.7 Å². The van der Waals surface area contributed by atoms with Crippen LogP contribution in [0.1, 0.15) is 19.8 Å². The maximum absolute atomic E-state index is 13.0. The molecule has 3 rings (SSSR count). The summed E-state index contributed by atoms with van der Waals surface area (Å²) in [6.45, 7) is 1.12. The SMILES string of the molecule is CC(=O)N1CC(Nc2nccn3cnnc23)CCC1C(F)(F)F. The van der Waals surface area contributed by atoms with E-state index in [9.17, 15) is 18.0 Å². The van der Waals surface area contributed by atoms with Crippen LogP contribution in [0.5, 0.6) is 0 Å². The fraction of sp³-hybridized carbons (Fsp3) is 0.538. The van der Waals surface area contributed by atoms with Crippen molar-refractivity contribution in [3.8, 4) is 0 Å². The molecule has 1 aliphatic rings. The molecular weight excluding hydrogens is 313 g/mol. The normalized spacial score (nSPS) is 22.3. The molecule has 0 radical (unpaired) electrons. The molecular formula is C13H15F3N6O. The number of alkyl halides is 3. The Morgan fingerprint density at radius 2 is 2.17 bits per heavy atom. The lowest BCUT2D eigenvalue weighted by Gasteiger charge is -2.40. The number of aromatic nitrogens is 4. The van der Waals surface area contributed by atoms with E-state index in [0.29, 0.717) is 11.5 Å². The molecule has 1 amide bonds. The van der Waals surface area contributed by atoms with Gasteiger partial charge in [0, 0.05) is 31.9 Å². The fourth-order valence-electron chi connectivity index (χ4n) is 2.83. The molecule has 2 aromatic heterocycles. The van der Waals surface area contributed by atoms with Crippen LogP contribution in [-0.4, -0.2) is 55.2 Å². The first kappa shape index (κ1) is 15.5. The average Bonchev–Trinajstić information content (AvgIpc) is 2.95. The van der Waals surface area contributed by atoms with Gasteiger partial charge in [-0.2, -0.15) is 13.2 Å². The number of halogens is 3. The third kappa shape index (κ3) is 3.06. The second-order valence-electron chi connectivity index (χ2n) is 5.49. The van der Waals surface area contributed by atoms with Gasteiger partial charge in [-0.25, -0.2) is 4.98 Å². The highest BCUT2D eigenvalue weighted by atomic mass is 19.4. The molecule has 3 heterocycles. The molecule has 0 spiro atoms. The molecule has 10 heteroatoms. The Bertz CT molecular complexity index is 715.